The molecule has 2 aromatic heterocycles. The number of ether oxygens (including phenoxy) is 2. The minimum absolute atomic E-state index is 0.0566. The fourth-order valence-corrected chi connectivity index (χ4v) is 3.14. The number of hydrogen-bond donors (Lipinski definition) is 1. The van der Waals surface area contributed by atoms with E-state index in [0.29, 0.717) is 37.6 Å². The van der Waals surface area contributed by atoms with E-state index in [1.54, 1.807) is 0 Å². The van der Waals surface area contributed by atoms with Crippen molar-refractivity contribution in [2.75, 3.05) is 44.4 Å². The molecule has 0 spiro atoms. The van der Waals surface area contributed by atoms with Crippen molar-refractivity contribution >= 4 is 28.3 Å². The summed E-state index contributed by atoms with van der Waals surface area (Å²) in [4.78, 5) is 14.6. The Balaban J connectivity index is 1.73. The summed E-state index contributed by atoms with van der Waals surface area (Å²) in [6, 6.07) is 0.0820. The second-order valence-corrected chi connectivity index (χ2v) is 7.21. The molecule has 26 heavy (non-hydrogen) atoms. The molecule has 1 aliphatic carbocycles. The molecule has 0 amide bonds. The highest BCUT2D eigenvalue weighted by atomic mass is 35.5. The Kier molecular flexibility index (Phi) is 4.81. The van der Waals surface area contributed by atoms with Gasteiger partial charge in [-0.25, -0.2) is 9.37 Å². The van der Waals surface area contributed by atoms with Crippen LogP contribution in [0.3, 0.4) is 0 Å². The molecule has 1 saturated heterocycles. The van der Waals surface area contributed by atoms with E-state index in [4.69, 9.17) is 21.1 Å². The van der Waals surface area contributed by atoms with Gasteiger partial charge in [0, 0.05) is 31.3 Å². The Morgan fingerprint density at radius 3 is 2.92 bits per heavy atom. The summed E-state index contributed by atoms with van der Waals surface area (Å²) < 4.78 is 25.7. The molecule has 0 aromatic carbocycles. The lowest BCUT2D eigenvalue weighted by molar-refractivity contribution is 0.140. The van der Waals surface area contributed by atoms with E-state index in [1.165, 1.54) is 6.20 Å². The quantitative estimate of drug-likeness (QED) is 0.794. The first-order valence-electron chi connectivity index (χ1n) is 8.70. The van der Waals surface area contributed by atoms with Crippen molar-refractivity contribution in [2.24, 2.45) is 5.41 Å². The van der Waals surface area contributed by atoms with Crippen LogP contribution in [0.1, 0.15) is 19.3 Å². The maximum Gasteiger partial charge on any atom is 0.319 e. The van der Waals surface area contributed by atoms with Gasteiger partial charge in [0.1, 0.15) is 11.3 Å². The lowest BCUT2D eigenvalue weighted by Crippen LogP contribution is -2.27. The first kappa shape index (κ1) is 17.6. The molecule has 1 saturated carbocycles. The minimum Gasteiger partial charge on any atom is -0.463 e. The zero-order valence-corrected chi connectivity index (χ0v) is 15.0. The highest BCUT2D eigenvalue weighted by molar-refractivity contribution is 6.30. The Morgan fingerprint density at radius 2 is 2.15 bits per heavy atom. The number of rotatable bonds is 5. The van der Waals surface area contributed by atoms with Crippen LogP contribution in [0, 0.1) is 11.2 Å². The molecule has 1 N–H and O–H groups in total. The molecular formula is C17H20ClFN4O3. The topological polar surface area (TPSA) is 80.6 Å². The Labute approximate surface area is 155 Å². The van der Waals surface area contributed by atoms with Crippen molar-refractivity contribution in [3.63, 3.8) is 0 Å². The van der Waals surface area contributed by atoms with Gasteiger partial charge in [-0.15, -0.1) is 0 Å². The summed E-state index contributed by atoms with van der Waals surface area (Å²) in [5.74, 6) is -0.126. The molecule has 2 aliphatic rings. The molecule has 0 bridgehead atoms. The van der Waals surface area contributed by atoms with Crippen molar-refractivity contribution in [3.05, 3.63) is 17.2 Å². The Hall–Kier alpha value is -1.77. The summed E-state index contributed by atoms with van der Waals surface area (Å²) in [5, 5.41) is 9.70. The molecule has 2 aromatic rings. The Morgan fingerprint density at radius 1 is 1.31 bits per heavy atom. The van der Waals surface area contributed by atoms with Crippen LogP contribution in [0.5, 0.6) is 6.01 Å². The molecule has 3 heterocycles. The van der Waals surface area contributed by atoms with Crippen LogP contribution in [0.4, 0.5) is 10.2 Å². The van der Waals surface area contributed by atoms with Crippen LogP contribution in [0.25, 0.3) is 10.9 Å². The lowest BCUT2D eigenvalue weighted by Gasteiger charge is -2.23. The molecule has 4 rings (SSSR count). The van der Waals surface area contributed by atoms with Crippen molar-refractivity contribution < 1.29 is 19.0 Å². The van der Waals surface area contributed by atoms with Crippen LogP contribution in [0.2, 0.25) is 5.15 Å². The van der Waals surface area contributed by atoms with E-state index >= 15 is 0 Å². The van der Waals surface area contributed by atoms with E-state index in [-0.39, 0.29) is 28.7 Å². The van der Waals surface area contributed by atoms with Crippen LogP contribution in [0.15, 0.2) is 6.20 Å². The molecule has 140 valence electrons. The predicted molar refractivity (Wildman–Crippen MR) is 94.2 cm³/mol. The maximum absolute atomic E-state index is 14.5. The highest BCUT2D eigenvalue weighted by Crippen LogP contribution is 2.45. The lowest BCUT2D eigenvalue weighted by atomic mass is 10.1. The largest absolute Gasteiger partial charge is 0.463 e. The normalized spacial score (nSPS) is 19.4. The Bertz CT molecular complexity index is 810. The van der Waals surface area contributed by atoms with Gasteiger partial charge in [0.25, 0.3) is 0 Å². The van der Waals surface area contributed by atoms with Gasteiger partial charge >= 0.3 is 6.01 Å². The molecule has 7 nitrogen and oxygen atoms in total. The fraction of sp³-hybridized carbons (Fsp3) is 0.588. The van der Waals surface area contributed by atoms with Crippen LogP contribution >= 0.6 is 11.6 Å². The van der Waals surface area contributed by atoms with Crippen LogP contribution < -0.4 is 9.64 Å². The number of hydrogen-bond acceptors (Lipinski definition) is 7. The maximum atomic E-state index is 14.5. The summed E-state index contributed by atoms with van der Waals surface area (Å²) in [7, 11) is 0. The standard InChI is InChI=1S/C17H20ClFN4O3/c18-14-12(19)13-11(8-20-14)15(23-4-1-6-25-7-5-23)22-16(21-13)26-10-17(9-24)2-3-17/h8,24H,1-7,9-10H2. The molecule has 9 heteroatoms. The van der Waals surface area contributed by atoms with Crippen LogP contribution in [-0.2, 0) is 4.74 Å². The average molecular weight is 383 g/mol. The second kappa shape index (κ2) is 7.09. The van der Waals surface area contributed by atoms with Gasteiger partial charge in [0.05, 0.1) is 25.2 Å². The average Bonchev–Trinajstić information content (AvgIpc) is 3.47. The van der Waals surface area contributed by atoms with Crippen molar-refractivity contribution in [2.45, 2.75) is 19.3 Å². The number of pyridine rings is 1. The second-order valence-electron chi connectivity index (χ2n) is 6.85. The smallest absolute Gasteiger partial charge is 0.319 e. The van der Waals surface area contributed by atoms with Gasteiger partial charge in [-0.3, -0.25) is 0 Å². The summed E-state index contributed by atoms with van der Waals surface area (Å²) in [5.41, 5.74) is -0.132. The first-order chi connectivity index (χ1) is 12.6. The minimum atomic E-state index is -0.688. The van der Waals surface area contributed by atoms with Gasteiger partial charge in [-0.2, -0.15) is 9.97 Å². The van der Waals surface area contributed by atoms with E-state index in [0.717, 1.165) is 25.8 Å². The number of nitrogens with zero attached hydrogens (tertiary/aromatic N) is 4. The molecular weight excluding hydrogens is 363 g/mol. The van der Waals surface area contributed by atoms with Crippen LogP contribution in [-0.4, -0.2) is 59.6 Å². The number of aliphatic hydroxyl groups excluding tert-OH is 1. The van der Waals surface area contributed by atoms with E-state index in [2.05, 4.69) is 15.0 Å². The van der Waals surface area contributed by atoms with E-state index < -0.39 is 5.82 Å². The molecule has 0 radical (unpaired) electrons. The fourth-order valence-electron chi connectivity index (χ4n) is 3.01. The van der Waals surface area contributed by atoms with Crippen molar-refractivity contribution in [1.29, 1.82) is 0 Å². The number of aliphatic hydroxyl groups is 1. The van der Waals surface area contributed by atoms with Crippen molar-refractivity contribution in [1.82, 2.24) is 15.0 Å². The van der Waals surface area contributed by atoms with Gasteiger partial charge in [-0.1, -0.05) is 11.6 Å². The third kappa shape index (κ3) is 3.41. The number of anilines is 1. The summed E-state index contributed by atoms with van der Waals surface area (Å²) >= 11 is 5.83. The SMILES string of the molecule is OCC1(COc2nc(N3CCCOCC3)c3cnc(Cl)c(F)c3n2)CC1. The predicted octanol–water partition coefficient (Wildman–Crippen LogP) is 2.20. The molecule has 0 atom stereocenters. The summed E-state index contributed by atoms with van der Waals surface area (Å²) in [6.45, 7) is 2.98. The van der Waals surface area contributed by atoms with Crippen molar-refractivity contribution in [3.8, 4) is 6.01 Å². The first-order valence-corrected chi connectivity index (χ1v) is 9.08. The number of aromatic nitrogens is 3. The van der Waals surface area contributed by atoms with Gasteiger partial charge in [0.2, 0.25) is 0 Å². The van der Waals surface area contributed by atoms with E-state index in [9.17, 15) is 9.50 Å². The van der Waals surface area contributed by atoms with Gasteiger partial charge in [-0.05, 0) is 19.3 Å². The third-order valence-corrected chi connectivity index (χ3v) is 5.19. The van der Waals surface area contributed by atoms with E-state index in [1.807, 2.05) is 4.90 Å². The van der Waals surface area contributed by atoms with Gasteiger partial charge < -0.3 is 19.5 Å². The third-order valence-electron chi connectivity index (χ3n) is 4.92. The van der Waals surface area contributed by atoms with Gasteiger partial charge in [0.15, 0.2) is 11.0 Å². The summed E-state index contributed by atoms with van der Waals surface area (Å²) in [6.07, 6.45) is 4.13. The monoisotopic (exact) mass is 382 g/mol. The number of fused-ring (bicyclic) bond motifs is 1. The zero-order chi connectivity index (χ0) is 18.1. The number of halogens is 2. The molecule has 2 fully saturated rings. The highest BCUT2D eigenvalue weighted by Gasteiger charge is 2.43. The zero-order valence-electron chi connectivity index (χ0n) is 14.2. The molecule has 1 aliphatic heterocycles. The molecule has 0 unspecified atom stereocenters.